The first-order chi connectivity index (χ1) is 4.88. The lowest BCUT2D eigenvalue weighted by molar-refractivity contribution is 0.309. The highest BCUT2D eigenvalue weighted by Gasteiger charge is 2.19. The lowest BCUT2D eigenvalue weighted by Gasteiger charge is -2.27. The monoisotopic (exact) mass is 136 g/mol. The molecule has 54 valence electrons. The van der Waals surface area contributed by atoms with Gasteiger partial charge < -0.3 is 4.57 Å². The smallest absolute Gasteiger partial charge is 0.105 e. The number of nitrogens with zero attached hydrogens (tertiary/aromatic N) is 2. The number of hydrogen-bond donors (Lipinski definition) is 0. The summed E-state index contributed by atoms with van der Waals surface area (Å²) in [4.78, 5) is 4.18. The molecule has 0 radical (unpaired) electrons. The van der Waals surface area contributed by atoms with Crippen molar-refractivity contribution in [2.75, 3.05) is 0 Å². The van der Waals surface area contributed by atoms with Crippen LogP contribution < -0.4 is 0 Å². The molecule has 0 aliphatic heterocycles. The molecule has 0 spiro atoms. The zero-order valence-electron chi connectivity index (χ0n) is 6.25. The van der Waals surface area contributed by atoms with Crippen LogP contribution in [0.15, 0.2) is 12.4 Å². The molecular weight excluding hydrogens is 124 g/mol. The van der Waals surface area contributed by atoms with Crippen LogP contribution in [0.4, 0.5) is 0 Å². The minimum absolute atomic E-state index is 0.766. The van der Waals surface area contributed by atoms with E-state index in [1.807, 2.05) is 6.20 Å². The van der Waals surface area contributed by atoms with E-state index in [9.17, 15) is 0 Å². The molecule has 10 heavy (non-hydrogen) atoms. The molecule has 0 atom stereocenters. The van der Waals surface area contributed by atoms with Crippen LogP contribution in [0.3, 0.4) is 0 Å². The molecule has 2 rings (SSSR count). The van der Waals surface area contributed by atoms with Crippen LogP contribution in [0.25, 0.3) is 0 Å². The molecule has 0 unspecified atom stereocenters. The first-order valence-corrected chi connectivity index (χ1v) is 3.87. The summed E-state index contributed by atoms with van der Waals surface area (Å²) in [5.74, 6) is 1.16. The highest BCUT2D eigenvalue weighted by molar-refractivity contribution is 4.94. The van der Waals surface area contributed by atoms with Crippen molar-refractivity contribution in [1.29, 1.82) is 0 Å². The zero-order chi connectivity index (χ0) is 6.97. The first-order valence-electron chi connectivity index (χ1n) is 3.87. The Balaban J connectivity index is 2.23. The quantitative estimate of drug-likeness (QED) is 0.576. The number of hydrogen-bond acceptors (Lipinski definition) is 1. The van der Waals surface area contributed by atoms with Gasteiger partial charge in [-0.05, 0) is 26.2 Å². The van der Waals surface area contributed by atoms with Crippen molar-refractivity contribution >= 4 is 0 Å². The SMILES string of the molecule is Cc1nccn1C1CCC1. The van der Waals surface area contributed by atoms with Gasteiger partial charge in [-0.25, -0.2) is 4.98 Å². The van der Waals surface area contributed by atoms with Crippen molar-refractivity contribution in [3.63, 3.8) is 0 Å². The van der Waals surface area contributed by atoms with E-state index < -0.39 is 0 Å². The molecule has 1 heterocycles. The summed E-state index contributed by atoms with van der Waals surface area (Å²) in [5.41, 5.74) is 0. The van der Waals surface area contributed by atoms with Gasteiger partial charge in [0.05, 0.1) is 0 Å². The van der Waals surface area contributed by atoms with Crippen molar-refractivity contribution in [1.82, 2.24) is 9.55 Å². The number of rotatable bonds is 1. The molecule has 1 aliphatic carbocycles. The van der Waals surface area contributed by atoms with E-state index in [1.54, 1.807) is 0 Å². The van der Waals surface area contributed by atoms with E-state index in [4.69, 9.17) is 0 Å². The summed E-state index contributed by atoms with van der Waals surface area (Å²) >= 11 is 0. The third-order valence-corrected chi connectivity index (χ3v) is 2.33. The third kappa shape index (κ3) is 0.753. The predicted octanol–water partition coefficient (Wildman–Crippen LogP) is 1.92. The lowest BCUT2D eigenvalue weighted by Crippen LogP contribution is -2.17. The highest BCUT2D eigenvalue weighted by atomic mass is 15.1. The molecule has 0 amide bonds. The molecular formula is C8H12N2. The van der Waals surface area contributed by atoms with Crippen molar-refractivity contribution < 1.29 is 0 Å². The van der Waals surface area contributed by atoms with Crippen molar-refractivity contribution in [2.24, 2.45) is 0 Å². The topological polar surface area (TPSA) is 17.8 Å². The van der Waals surface area contributed by atoms with Crippen molar-refractivity contribution in [3.8, 4) is 0 Å². The minimum Gasteiger partial charge on any atom is -0.332 e. The van der Waals surface area contributed by atoms with E-state index in [0.717, 1.165) is 11.9 Å². The maximum atomic E-state index is 4.18. The molecule has 0 bridgehead atoms. The summed E-state index contributed by atoms with van der Waals surface area (Å²) < 4.78 is 2.28. The summed E-state index contributed by atoms with van der Waals surface area (Å²) in [6, 6.07) is 0.766. The molecule has 1 fully saturated rings. The van der Waals surface area contributed by atoms with E-state index in [-0.39, 0.29) is 0 Å². The second-order valence-corrected chi connectivity index (χ2v) is 2.97. The van der Waals surface area contributed by atoms with E-state index in [1.165, 1.54) is 19.3 Å². The van der Waals surface area contributed by atoms with Crippen LogP contribution in [-0.4, -0.2) is 9.55 Å². The standard InChI is InChI=1S/C8H12N2/c1-7-9-5-6-10(7)8-3-2-4-8/h5-6,8H,2-4H2,1H3. The Morgan fingerprint density at radius 2 is 2.40 bits per heavy atom. The first kappa shape index (κ1) is 5.96. The second kappa shape index (κ2) is 2.11. The molecule has 0 N–H and O–H groups in total. The Kier molecular flexibility index (Phi) is 1.26. The molecule has 0 saturated heterocycles. The van der Waals surface area contributed by atoms with E-state index in [0.29, 0.717) is 0 Å². The molecule has 1 aromatic rings. The van der Waals surface area contributed by atoms with E-state index in [2.05, 4.69) is 22.7 Å². The van der Waals surface area contributed by atoms with Gasteiger partial charge >= 0.3 is 0 Å². The van der Waals surface area contributed by atoms with Gasteiger partial charge in [-0.3, -0.25) is 0 Å². The Bertz CT molecular complexity index is 223. The van der Waals surface area contributed by atoms with Gasteiger partial charge in [0, 0.05) is 18.4 Å². The number of imidazole rings is 1. The van der Waals surface area contributed by atoms with Crippen molar-refractivity contribution in [2.45, 2.75) is 32.2 Å². The van der Waals surface area contributed by atoms with Crippen LogP contribution in [0.5, 0.6) is 0 Å². The minimum atomic E-state index is 0.766. The average molecular weight is 136 g/mol. The van der Waals surface area contributed by atoms with Crippen LogP contribution >= 0.6 is 0 Å². The van der Waals surface area contributed by atoms with Gasteiger partial charge in [0.2, 0.25) is 0 Å². The maximum Gasteiger partial charge on any atom is 0.105 e. The van der Waals surface area contributed by atoms with Gasteiger partial charge in [-0.1, -0.05) is 0 Å². The Morgan fingerprint density at radius 3 is 2.80 bits per heavy atom. The molecule has 2 nitrogen and oxygen atoms in total. The number of aromatic nitrogens is 2. The van der Waals surface area contributed by atoms with Gasteiger partial charge in [0.25, 0.3) is 0 Å². The Hall–Kier alpha value is -0.790. The van der Waals surface area contributed by atoms with Crippen LogP contribution in [0.2, 0.25) is 0 Å². The van der Waals surface area contributed by atoms with Gasteiger partial charge in [-0.2, -0.15) is 0 Å². The fraction of sp³-hybridized carbons (Fsp3) is 0.625. The number of aryl methyl sites for hydroxylation is 1. The van der Waals surface area contributed by atoms with Crippen molar-refractivity contribution in [3.05, 3.63) is 18.2 Å². The molecule has 1 aromatic heterocycles. The molecule has 0 aromatic carbocycles. The summed E-state index contributed by atoms with van der Waals surface area (Å²) in [7, 11) is 0. The highest BCUT2D eigenvalue weighted by Crippen LogP contribution is 2.31. The summed E-state index contributed by atoms with van der Waals surface area (Å²) in [6.07, 6.45) is 8.05. The molecule has 2 heteroatoms. The Morgan fingerprint density at radius 1 is 1.60 bits per heavy atom. The fourth-order valence-electron chi connectivity index (χ4n) is 1.44. The van der Waals surface area contributed by atoms with E-state index >= 15 is 0 Å². The second-order valence-electron chi connectivity index (χ2n) is 2.97. The van der Waals surface area contributed by atoms with Gasteiger partial charge in [0.1, 0.15) is 5.82 Å². The third-order valence-electron chi connectivity index (χ3n) is 2.33. The van der Waals surface area contributed by atoms with Crippen LogP contribution in [-0.2, 0) is 0 Å². The van der Waals surface area contributed by atoms with Crippen LogP contribution in [0, 0.1) is 6.92 Å². The van der Waals surface area contributed by atoms with Gasteiger partial charge in [0.15, 0.2) is 0 Å². The molecule has 1 aliphatic rings. The Labute approximate surface area is 60.9 Å². The molecule has 1 saturated carbocycles. The summed E-state index contributed by atoms with van der Waals surface area (Å²) in [6.45, 7) is 2.07. The summed E-state index contributed by atoms with van der Waals surface area (Å²) in [5, 5.41) is 0. The normalized spacial score (nSPS) is 18.9. The zero-order valence-corrected chi connectivity index (χ0v) is 6.25. The van der Waals surface area contributed by atoms with Crippen LogP contribution in [0.1, 0.15) is 31.1 Å². The van der Waals surface area contributed by atoms with Gasteiger partial charge in [-0.15, -0.1) is 0 Å². The fourth-order valence-corrected chi connectivity index (χ4v) is 1.44. The predicted molar refractivity (Wildman–Crippen MR) is 39.9 cm³/mol. The maximum absolute atomic E-state index is 4.18. The average Bonchev–Trinajstić information content (AvgIpc) is 2.12. The largest absolute Gasteiger partial charge is 0.332 e. The lowest BCUT2D eigenvalue weighted by atomic mass is 9.93.